The van der Waals surface area contributed by atoms with Gasteiger partial charge >= 0.3 is 0 Å². The molecule has 0 atom stereocenters. The number of piperazine rings is 1. The molecule has 1 aliphatic rings. The Balaban J connectivity index is 1.42. The SMILES string of the molecule is COc1cccc(N2CCN(c3nnc(-c4nnc(C)o4)c4ccccc34)CC2)c1. The van der Waals surface area contributed by atoms with Crippen LogP contribution in [0.5, 0.6) is 5.75 Å². The van der Waals surface area contributed by atoms with Gasteiger partial charge in [0.2, 0.25) is 5.89 Å². The van der Waals surface area contributed by atoms with E-state index in [0.29, 0.717) is 17.5 Å². The van der Waals surface area contributed by atoms with Crippen molar-refractivity contribution in [3.8, 4) is 17.3 Å². The smallest absolute Gasteiger partial charge is 0.268 e. The van der Waals surface area contributed by atoms with Crippen molar-refractivity contribution in [1.29, 1.82) is 0 Å². The fraction of sp³-hybridized carbons (Fsp3) is 0.273. The van der Waals surface area contributed by atoms with Gasteiger partial charge in [0.05, 0.1) is 7.11 Å². The summed E-state index contributed by atoms with van der Waals surface area (Å²) in [6.45, 7) is 5.27. The molecule has 3 heterocycles. The number of ether oxygens (including phenoxy) is 1. The Bertz CT molecular complexity index is 1180. The lowest BCUT2D eigenvalue weighted by molar-refractivity contribution is 0.414. The van der Waals surface area contributed by atoms with Crippen molar-refractivity contribution in [2.75, 3.05) is 43.1 Å². The molecule has 5 rings (SSSR count). The Hall–Kier alpha value is -3.68. The molecule has 0 amide bonds. The summed E-state index contributed by atoms with van der Waals surface area (Å²) in [5, 5.41) is 19.0. The van der Waals surface area contributed by atoms with Crippen LogP contribution in [0.15, 0.2) is 52.9 Å². The van der Waals surface area contributed by atoms with Crippen LogP contribution in [0.4, 0.5) is 11.5 Å². The standard InChI is InChI=1S/C22H22N6O2/c1-15-23-26-22(30-15)20-18-8-3-4-9-19(18)21(25-24-20)28-12-10-27(11-13-28)16-6-5-7-17(14-16)29-2/h3-9,14H,10-13H2,1-2H3. The molecule has 0 bridgehead atoms. The summed E-state index contributed by atoms with van der Waals surface area (Å²) < 4.78 is 11.0. The Morgan fingerprint density at radius 1 is 0.833 bits per heavy atom. The number of fused-ring (bicyclic) bond motifs is 1. The van der Waals surface area contributed by atoms with E-state index in [1.165, 1.54) is 5.69 Å². The summed E-state index contributed by atoms with van der Waals surface area (Å²) >= 11 is 0. The van der Waals surface area contributed by atoms with Gasteiger partial charge in [-0.3, -0.25) is 0 Å². The zero-order chi connectivity index (χ0) is 20.5. The number of aromatic nitrogens is 4. The Kier molecular flexibility index (Phi) is 4.66. The van der Waals surface area contributed by atoms with E-state index in [9.17, 15) is 0 Å². The quantitative estimate of drug-likeness (QED) is 0.514. The molecular weight excluding hydrogens is 380 g/mol. The fourth-order valence-corrected chi connectivity index (χ4v) is 3.86. The minimum absolute atomic E-state index is 0.394. The third-order valence-electron chi connectivity index (χ3n) is 5.39. The van der Waals surface area contributed by atoms with E-state index in [-0.39, 0.29) is 0 Å². The van der Waals surface area contributed by atoms with Crippen molar-refractivity contribution in [2.45, 2.75) is 6.92 Å². The first-order chi connectivity index (χ1) is 14.7. The largest absolute Gasteiger partial charge is 0.497 e. The van der Waals surface area contributed by atoms with E-state index >= 15 is 0 Å². The predicted molar refractivity (Wildman–Crippen MR) is 115 cm³/mol. The van der Waals surface area contributed by atoms with Crippen LogP contribution in [0.2, 0.25) is 0 Å². The molecule has 8 nitrogen and oxygen atoms in total. The van der Waals surface area contributed by atoms with Crippen LogP contribution in [-0.4, -0.2) is 53.7 Å². The van der Waals surface area contributed by atoms with Gasteiger partial charge in [-0.25, -0.2) is 0 Å². The molecule has 4 aromatic rings. The van der Waals surface area contributed by atoms with Crippen LogP contribution in [0.1, 0.15) is 5.89 Å². The topological polar surface area (TPSA) is 80.4 Å². The minimum Gasteiger partial charge on any atom is -0.497 e. The van der Waals surface area contributed by atoms with Gasteiger partial charge < -0.3 is 19.0 Å². The highest BCUT2D eigenvalue weighted by atomic mass is 16.5. The van der Waals surface area contributed by atoms with E-state index in [0.717, 1.165) is 48.5 Å². The highest BCUT2D eigenvalue weighted by Gasteiger charge is 2.23. The van der Waals surface area contributed by atoms with Gasteiger partial charge in [0.1, 0.15) is 5.75 Å². The van der Waals surface area contributed by atoms with Crippen LogP contribution >= 0.6 is 0 Å². The molecule has 0 spiro atoms. The molecule has 2 aromatic heterocycles. The maximum Gasteiger partial charge on any atom is 0.268 e. The molecule has 0 saturated carbocycles. The molecule has 1 aliphatic heterocycles. The van der Waals surface area contributed by atoms with Gasteiger partial charge in [-0.15, -0.1) is 20.4 Å². The van der Waals surface area contributed by atoms with Crippen molar-refractivity contribution in [3.05, 3.63) is 54.4 Å². The van der Waals surface area contributed by atoms with E-state index in [1.807, 2.05) is 30.3 Å². The molecule has 30 heavy (non-hydrogen) atoms. The second-order valence-corrected chi connectivity index (χ2v) is 7.22. The molecular formula is C22H22N6O2. The Labute approximate surface area is 174 Å². The number of anilines is 2. The lowest BCUT2D eigenvalue weighted by Gasteiger charge is -2.37. The van der Waals surface area contributed by atoms with Crippen molar-refractivity contribution in [2.24, 2.45) is 0 Å². The average molecular weight is 402 g/mol. The van der Waals surface area contributed by atoms with Crippen molar-refractivity contribution in [3.63, 3.8) is 0 Å². The summed E-state index contributed by atoms with van der Waals surface area (Å²) in [4.78, 5) is 4.65. The number of hydrogen-bond donors (Lipinski definition) is 0. The first-order valence-corrected chi connectivity index (χ1v) is 9.93. The second-order valence-electron chi connectivity index (χ2n) is 7.22. The molecule has 1 fully saturated rings. The number of aryl methyl sites for hydroxylation is 1. The summed E-state index contributed by atoms with van der Waals surface area (Å²) in [6.07, 6.45) is 0. The van der Waals surface area contributed by atoms with Gasteiger partial charge in [0, 0.05) is 55.6 Å². The van der Waals surface area contributed by atoms with Gasteiger partial charge in [-0.05, 0) is 12.1 Å². The number of methoxy groups -OCH3 is 1. The first-order valence-electron chi connectivity index (χ1n) is 9.93. The van der Waals surface area contributed by atoms with E-state index in [4.69, 9.17) is 9.15 Å². The third-order valence-corrected chi connectivity index (χ3v) is 5.39. The van der Waals surface area contributed by atoms with Crippen molar-refractivity contribution >= 4 is 22.3 Å². The lowest BCUT2D eigenvalue weighted by Crippen LogP contribution is -2.47. The van der Waals surface area contributed by atoms with E-state index in [2.05, 4.69) is 48.4 Å². The summed E-state index contributed by atoms with van der Waals surface area (Å²) in [6, 6.07) is 16.3. The minimum atomic E-state index is 0.394. The fourth-order valence-electron chi connectivity index (χ4n) is 3.86. The van der Waals surface area contributed by atoms with Gasteiger partial charge in [-0.1, -0.05) is 30.3 Å². The van der Waals surface area contributed by atoms with E-state index < -0.39 is 0 Å². The first kappa shape index (κ1) is 18.4. The maximum atomic E-state index is 5.59. The number of nitrogens with zero attached hydrogens (tertiary/aromatic N) is 6. The molecule has 2 aromatic carbocycles. The Morgan fingerprint density at radius 2 is 1.60 bits per heavy atom. The van der Waals surface area contributed by atoms with Crippen LogP contribution in [0.25, 0.3) is 22.4 Å². The molecule has 8 heteroatoms. The second kappa shape index (κ2) is 7.62. The molecule has 0 N–H and O–H groups in total. The average Bonchev–Trinajstić information content (AvgIpc) is 3.24. The molecule has 1 saturated heterocycles. The number of rotatable bonds is 4. The third kappa shape index (κ3) is 3.30. The van der Waals surface area contributed by atoms with Crippen LogP contribution in [-0.2, 0) is 0 Å². The predicted octanol–water partition coefficient (Wildman–Crippen LogP) is 3.32. The van der Waals surface area contributed by atoms with Crippen LogP contribution in [0, 0.1) is 6.92 Å². The molecule has 0 aliphatic carbocycles. The number of benzene rings is 2. The van der Waals surface area contributed by atoms with Crippen LogP contribution < -0.4 is 14.5 Å². The van der Waals surface area contributed by atoms with E-state index in [1.54, 1.807) is 14.0 Å². The monoisotopic (exact) mass is 402 g/mol. The van der Waals surface area contributed by atoms with Crippen LogP contribution in [0.3, 0.4) is 0 Å². The lowest BCUT2D eigenvalue weighted by atomic mass is 10.1. The number of hydrogen-bond acceptors (Lipinski definition) is 8. The van der Waals surface area contributed by atoms with Gasteiger partial charge in [-0.2, -0.15) is 0 Å². The highest BCUT2D eigenvalue weighted by molar-refractivity contribution is 5.99. The normalized spacial score (nSPS) is 14.3. The molecule has 0 unspecified atom stereocenters. The van der Waals surface area contributed by atoms with Crippen molar-refractivity contribution in [1.82, 2.24) is 20.4 Å². The van der Waals surface area contributed by atoms with Gasteiger partial charge in [0.25, 0.3) is 5.89 Å². The zero-order valence-electron chi connectivity index (χ0n) is 16.9. The maximum absolute atomic E-state index is 5.59. The molecule has 152 valence electrons. The van der Waals surface area contributed by atoms with Crippen molar-refractivity contribution < 1.29 is 9.15 Å². The Morgan fingerprint density at radius 3 is 2.33 bits per heavy atom. The zero-order valence-corrected chi connectivity index (χ0v) is 16.9. The summed E-state index contributed by atoms with van der Waals surface area (Å²) in [5.41, 5.74) is 1.79. The summed E-state index contributed by atoms with van der Waals surface area (Å²) in [7, 11) is 1.69. The summed E-state index contributed by atoms with van der Waals surface area (Å²) in [5.74, 6) is 2.66. The molecule has 0 radical (unpaired) electrons. The highest BCUT2D eigenvalue weighted by Crippen LogP contribution is 2.31. The van der Waals surface area contributed by atoms with Gasteiger partial charge in [0.15, 0.2) is 11.5 Å².